The van der Waals surface area contributed by atoms with Gasteiger partial charge in [0.25, 0.3) is 0 Å². The van der Waals surface area contributed by atoms with Crippen LogP contribution in [0.15, 0.2) is 54.6 Å². The standard InChI is InChI=1S/C18H20N2/c1-3-18(2)12-11-14-13-16(9-10-17(14)20-18)19-15-7-5-4-6-8-15/h4-13,19-20H,3H2,1-2H3. The Bertz CT molecular complexity index is 631. The van der Waals surface area contributed by atoms with E-state index >= 15 is 0 Å². The number of rotatable bonds is 3. The van der Waals surface area contributed by atoms with Gasteiger partial charge >= 0.3 is 0 Å². The topological polar surface area (TPSA) is 24.1 Å². The van der Waals surface area contributed by atoms with Gasteiger partial charge in [-0.25, -0.2) is 0 Å². The van der Waals surface area contributed by atoms with E-state index < -0.39 is 0 Å². The lowest BCUT2D eigenvalue weighted by Crippen LogP contribution is -2.33. The number of hydrogen-bond acceptors (Lipinski definition) is 2. The molecule has 0 radical (unpaired) electrons. The van der Waals surface area contributed by atoms with Crippen LogP contribution in [0.5, 0.6) is 0 Å². The number of anilines is 3. The monoisotopic (exact) mass is 264 g/mol. The minimum absolute atomic E-state index is 0.0708. The van der Waals surface area contributed by atoms with Gasteiger partial charge < -0.3 is 10.6 Å². The Morgan fingerprint density at radius 3 is 2.60 bits per heavy atom. The van der Waals surface area contributed by atoms with Crippen molar-refractivity contribution in [1.82, 2.24) is 0 Å². The molecular formula is C18H20N2. The van der Waals surface area contributed by atoms with E-state index in [9.17, 15) is 0 Å². The van der Waals surface area contributed by atoms with Gasteiger partial charge in [-0.05, 0) is 49.2 Å². The number of para-hydroxylation sites is 1. The van der Waals surface area contributed by atoms with Crippen LogP contribution in [0.25, 0.3) is 6.08 Å². The molecule has 3 rings (SSSR count). The van der Waals surface area contributed by atoms with Crippen molar-refractivity contribution in [2.45, 2.75) is 25.8 Å². The maximum absolute atomic E-state index is 3.60. The van der Waals surface area contributed by atoms with Gasteiger partial charge in [0.15, 0.2) is 0 Å². The van der Waals surface area contributed by atoms with Gasteiger partial charge in [-0.3, -0.25) is 0 Å². The molecule has 0 aromatic heterocycles. The van der Waals surface area contributed by atoms with Gasteiger partial charge in [0.1, 0.15) is 0 Å². The van der Waals surface area contributed by atoms with Crippen LogP contribution < -0.4 is 10.6 Å². The third-order valence-electron chi connectivity index (χ3n) is 3.90. The lowest BCUT2D eigenvalue weighted by Gasteiger charge is -2.32. The molecule has 2 aromatic rings. The van der Waals surface area contributed by atoms with Crippen molar-refractivity contribution >= 4 is 23.1 Å². The summed E-state index contributed by atoms with van der Waals surface area (Å²) in [4.78, 5) is 0. The van der Waals surface area contributed by atoms with Crippen molar-refractivity contribution in [3.05, 3.63) is 60.2 Å². The van der Waals surface area contributed by atoms with Crippen LogP contribution in [0.2, 0.25) is 0 Å². The van der Waals surface area contributed by atoms with Crippen molar-refractivity contribution in [2.75, 3.05) is 10.6 Å². The molecule has 0 bridgehead atoms. The summed E-state index contributed by atoms with van der Waals surface area (Å²) < 4.78 is 0. The molecule has 0 amide bonds. The molecule has 2 N–H and O–H groups in total. The molecule has 20 heavy (non-hydrogen) atoms. The summed E-state index contributed by atoms with van der Waals surface area (Å²) in [6.45, 7) is 4.43. The van der Waals surface area contributed by atoms with Crippen LogP contribution in [0, 0.1) is 0 Å². The van der Waals surface area contributed by atoms with E-state index in [2.05, 4.69) is 67.0 Å². The van der Waals surface area contributed by atoms with Crippen molar-refractivity contribution < 1.29 is 0 Å². The Balaban J connectivity index is 1.85. The normalized spacial score (nSPS) is 20.1. The Labute approximate surface area is 120 Å². The SMILES string of the molecule is CCC1(C)C=Cc2cc(Nc3ccccc3)ccc2N1. The largest absolute Gasteiger partial charge is 0.376 e. The molecular weight excluding hydrogens is 244 g/mol. The number of hydrogen-bond donors (Lipinski definition) is 2. The minimum Gasteiger partial charge on any atom is -0.376 e. The molecule has 0 saturated carbocycles. The second-order valence-electron chi connectivity index (χ2n) is 5.52. The van der Waals surface area contributed by atoms with Crippen LogP contribution >= 0.6 is 0 Å². The number of nitrogens with one attached hydrogen (secondary N) is 2. The van der Waals surface area contributed by atoms with Crippen LogP contribution in [-0.2, 0) is 0 Å². The van der Waals surface area contributed by atoms with Crippen LogP contribution in [-0.4, -0.2) is 5.54 Å². The summed E-state index contributed by atoms with van der Waals surface area (Å²) in [7, 11) is 0. The van der Waals surface area contributed by atoms with Gasteiger partial charge in [0.05, 0.1) is 5.54 Å². The van der Waals surface area contributed by atoms with Gasteiger partial charge in [0.2, 0.25) is 0 Å². The van der Waals surface area contributed by atoms with Gasteiger partial charge in [-0.15, -0.1) is 0 Å². The molecule has 2 heteroatoms. The highest BCUT2D eigenvalue weighted by molar-refractivity contribution is 5.76. The predicted octanol–water partition coefficient (Wildman–Crippen LogP) is 5.04. The van der Waals surface area contributed by atoms with Crippen LogP contribution in [0.3, 0.4) is 0 Å². The number of fused-ring (bicyclic) bond motifs is 1. The van der Waals surface area contributed by atoms with Crippen molar-refractivity contribution in [3.63, 3.8) is 0 Å². The fraction of sp³-hybridized carbons (Fsp3) is 0.222. The Kier molecular flexibility index (Phi) is 3.23. The average molecular weight is 264 g/mol. The summed E-state index contributed by atoms with van der Waals surface area (Å²) in [5.74, 6) is 0. The molecule has 1 aliphatic heterocycles. The highest BCUT2D eigenvalue weighted by Crippen LogP contribution is 2.32. The molecule has 1 heterocycles. The van der Waals surface area contributed by atoms with Crippen LogP contribution in [0.1, 0.15) is 25.8 Å². The van der Waals surface area contributed by atoms with Crippen molar-refractivity contribution in [1.29, 1.82) is 0 Å². The number of benzene rings is 2. The zero-order chi connectivity index (χ0) is 14.0. The fourth-order valence-corrected chi connectivity index (χ4v) is 2.41. The molecule has 0 aliphatic carbocycles. The third-order valence-corrected chi connectivity index (χ3v) is 3.90. The second-order valence-corrected chi connectivity index (χ2v) is 5.52. The van der Waals surface area contributed by atoms with E-state index in [1.54, 1.807) is 0 Å². The Morgan fingerprint density at radius 1 is 1.05 bits per heavy atom. The lowest BCUT2D eigenvalue weighted by molar-refractivity contribution is 0.611. The molecule has 1 aliphatic rings. The summed E-state index contributed by atoms with van der Waals surface area (Å²) >= 11 is 0. The van der Waals surface area contributed by atoms with E-state index in [0.29, 0.717) is 0 Å². The van der Waals surface area contributed by atoms with Crippen LogP contribution in [0.4, 0.5) is 17.1 Å². The third kappa shape index (κ3) is 2.55. The first-order chi connectivity index (χ1) is 9.68. The molecule has 2 nitrogen and oxygen atoms in total. The highest BCUT2D eigenvalue weighted by Gasteiger charge is 2.22. The molecule has 0 spiro atoms. The zero-order valence-corrected chi connectivity index (χ0v) is 12.0. The first-order valence-electron chi connectivity index (χ1n) is 7.12. The lowest BCUT2D eigenvalue weighted by atomic mass is 9.92. The van der Waals surface area contributed by atoms with Crippen molar-refractivity contribution in [3.8, 4) is 0 Å². The first kappa shape index (κ1) is 12.8. The summed E-state index contributed by atoms with van der Waals surface area (Å²) in [6, 6.07) is 16.7. The fourth-order valence-electron chi connectivity index (χ4n) is 2.41. The average Bonchev–Trinajstić information content (AvgIpc) is 2.49. The predicted molar refractivity (Wildman–Crippen MR) is 87.5 cm³/mol. The molecule has 1 atom stereocenters. The van der Waals surface area contributed by atoms with Crippen molar-refractivity contribution in [2.24, 2.45) is 0 Å². The summed E-state index contributed by atoms with van der Waals surface area (Å²) in [5, 5.41) is 7.03. The van der Waals surface area contributed by atoms with E-state index in [0.717, 1.165) is 17.8 Å². The summed E-state index contributed by atoms with van der Waals surface area (Å²) in [5.41, 5.74) is 4.73. The molecule has 1 unspecified atom stereocenters. The maximum atomic E-state index is 3.60. The quantitative estimate of drug-likeness (QED) is 0.811. The van der Waals surface area contributed by atoms with Gasteiger partial charge in [0, 0.05) is 17.1 Å². The van der Waals surface area contributed by atoms with E-state index in [4.69, 9.17) is 0 Å². The Morgan fingerprint density at radius 2 is 1.85 bits per heavy atom. The first-order valence-corrected chi connectivity index (χ1v) is 7.12. The molecule has 0 saturated heterocycles. The van der Waals surface area contributed by atoms with E-state index in [1.807, 2.05) is 18.2 Å². The Hall–Kier alpha value is -2.22. The smallest absolute Gasteiger partial charge is 0.0528 e. The highest BCUT2D eigenvalue weighted by atomic mass is 15.0. The maximum Gasteiger partial charge on any atom is 0.0528 e. The molecule has 2 aromatic carbocycles. The van der Waals surface area contributed by atoms with Gasteiger partial charge in [-0.2, -0.15) is 0 Å². The zero-order valence-electron chi connectivity index (χ0n) is 12.0. The van der Waals surface area contributed by atoms with E-state index in [-0.39, 0.29) is 5.54 Å². The minimum atomic E-state index is 0.0708. The molecule has 0 fully saturated rings. The van der Waals surface area contributed by atoms with Gasteiger partial charge in [-0.1, -0.05) is 37.3 Å². The van der Waals surface area contributed by atoms with E-state index in [1.165, 1.54) is 11.3 Å². The molecule has 102 valence electrons. The summed E-state index contributed by atoms with van der Waals surface area (Å²) in [6.07, 6.45) is 5.54. The second kappa shape index (κ2) is 5.04.